The lowest BCUT2D eigenvalue weighted by atomic mass is 10.2. The molecular formula is C12H11BrClN3O. The zero-order valence-electron chi connectivity index (χ0n) is 9.65. The maximum atomic E-state index is 11.9. The number of hydrogen-bond donors (Lipinski definition) is 1. The van der Waals surface area contributed by atoms with E-state index in [1.807, 2.05) is 19.3 Å². The quantitative estimate of drug-likeness (QED) is 0.942. The smallest absolute Gasteiger partial charge is 0.252 e. The standard InChI is InChI=1S/C12H11BrClN3O/c1-17-5-4-9(16-17)7-15-12(18)10-3-2-8(14)6-11(10)13/h2-6H,7H2,1H3,(H,15,18). The van der Waals surface area contributed by atoms with Crippen LogP contribution < -0.4 is 5.32 Å². The van der Waals surface area contributed by atoms with Gasteiger partial charge in [-0.1, -0.05) is 11.6 Å². The summed E-state index contributed by atoms with van der Waals surface area (Å²) in [5.74, 6) is -0.163. The highest BCUT2D eigenvalue weighted by atomic mass is 79.9. The van der Waals surface area contributed by atoms with Gasteiger partial charge in [-0.3, -0.25) is 9.48 Å². The highest BCUT2D eigenvalue weighted by Gasteiger charge is 2.10. The molecule has 2 aromatic rings. The fourth-order valence-electron chi connectivity index (χ4n) is 1.50. The number of halogens is 2. The highest BCUT2D eigenvalue weighted by molar-refractivity contribution is 9.10. The van der Waals surface area contributed by atoms with E-state index in [0.717, 1.165) is 5.69 Å². The average Bonchev–Trinajstić information content (AvgIpc) is 2.72. The second-order valence-corrected chi connectivity index (χ2v) is 5.08. The topological polar surface area (TPSA) is 46.9 Å². The first-order valence-corrected chi connectivity index (χ1v) is 6.45. The van der Waals surface area contributed by atoms with Crippen LogP contribution in [0.1, 0.15) is 16.1 Å². The maximum Gasteiger partial charge on any atom is 0.252 e. The van der Waals surface area contributed by atoms with Crippen molar-refractivity contribution in [3.63, 3.8) is 0 Å². The van der Waals surface area contributed by atoms with Gasteiger partial charge in [0.15, 0.2) is 0 Å². The minimum atomic E-state index is -0.163. The minimum absolute atomic E-state index is 0.163. The van der Waals surface area contributed by atoms with Crippen LogP contribution >= 0.6 is 27.5 Å². The molecule has 0 fully saturated rings. The zero-order valence-corrected chi connectivity index (χ0v) is 12.0. The summed E-state index contributed by atoms with van der Waals surface area (Å²) in [5.41, 5.74) is 1.37. The number of amides is 1. The van der Waals surface area contributed by atoms with Crippen molar-refractivity contribution in [2.45, 2.75) is 6.54 Å². The molecule has 0 saturated carbocycles. The van der Waals surface area contributed by atoms with Gasteiger partial charge in [-0.15, -0.1) is 0 Å². The normalized spacial score (nSPS) is 10.4. The molecule has 1 N–H and O–H groups in total. The van der Waals surface area contributed by atoms with Gasteiger partial charge < -0.3 is 5.32 Å². The van der Waals surface area contributed by atoms with Crippen molar-refractivity contribution in [2.75, 3.05) is 0 Å². The van der Waals surface area contributed by atoms with Crippen LogP contribution in [-0.2, 0) is 13.6 Å². The summed E-state index contributed by atoms with van der Waals surface area (Å²) in [6.07, 6.45) is 1.83. The van der Waals surface area contributed by atoms with Crippen molar-refractivity contribution in [3.05, 3.63) is 51.2 Å². The first-order valence-electron chi connectivity index (χ1n) is 5.28. The fraction of sp³-hybridized carbons (Fsp3) is 0.167. The lowest BCUT2D eigenvalue weighted by Gasteiger charge is -2.05. The maximum absolute atomic E-state index is 11.9. The number of carbonyl (C=O) groups is 1. The first kappa shape index (κ1) is 13.1. The Morgan fingerprint density at radius 3 is 2.89 bits per heavy atom. The Hall–Kier alpha value is -1.33. The number of nitrogens with one attached hydrogen (secondary N) is 1. The van der Waals surface area contributed by atoms with E-state index in [4.69, 9.17) is 11.6 Å². The molecular weight excluding hydrogens is 318 g/mol. The van der Waals surface area contributed by atoms with Crippen molar-refractivity contribution in [1.82, 2.24) is 15.1 Å². The van der Waals surface area contributed by atoms with Gasteiger partial charge in [0.1, 0.15) is 0 Å². The monoisotopic (exact) mass is 327 g/mol. The summed E-state index contributed by atoms with van der Waals surface area (Å²) < 4.78 is 2.37. The summed E-state index contributed by atoms with van der Waals surface area (Å²) in [6, 6.07) is 6.91. The Labute approximate surface area is 118 Å². The van der Waals surface area contributed by atoms with Gasteiger partial charge in [0.25, 0.3) is 5.91 Å². The van der Waals surface area contributed by atoms with Gasteiger partial charge in [0.05, 0.1) is 17.8 Å². The molecule has 0 atom stereocenters. The Balaban J connectivity index is 2.03. The van der Waals surface area contributed by atoms with E-state index >= 15 is 0 Å². The Kier molecular flexibility index (Phi) is 4.04. The number of rotatable bonds is 3. The summed E-state index contributed by atoms with van der Waals surface area (Å²) in [7, 11) is 1.83. The molecule has 1 amide bonds. The first-order chi connectivity index (χ1) is 8.56. The Morgan fingerprint density at radius 1 is 1.50 bits per heavy atom. The zero-order chi connectivity index (χ0) is 13.1. The van der Waals surface area contributed by atoms with Gasteiger partial charge in [-0.05, 0) is 40.2 Å². The molecule has 0 aliphatic carbocycles. The SMILES string of the molecule is Cn1ccc(CNC(=O)c2ccc(Cl)cc2Br)n1. The number of hydrogen-bond acceptors (Lipinski definition) is 2. The van der Waals surface area contributed by atoms with Crippen molar-refractivity contribution in [2.24, 2.45) is 7.05 Å². The molecule has 2 rings (SSSR count). The van der Waals surface area contributed by atoms with E-state index in [9.17, 15) is 4.79 Å². The number of benzene rings is 1. The molecule has 1 aromatic carbocycles. The van der Waals surface area contributed by atoms with Crippen molar-refractivity contribution < 1.29 is 4.79 Å². The van der Waals surface area contributed by atoms with E-state index in [1.165, 1.54) is 0 Å². The van der Waals surface area contributed by atoms with E-state index in [-0.39, 0.29) is 5.91 Å². The number of nitrogens with zero attached hydrogens (tertiary/aromatic N) is 2. The molecule has 0 saturated heterocycles. The molecule has 0 unspecified atom stereocenters. The number of aromatic nitrogens is 2. The van der Waals surface area contributed by atoms with Crippen LogP contribution in [0.2, 0.25) is 5.02 Å². The predicted octanol–water partition coefficient (Wildman–Crippen LogP) is 2.77. The predicted molar refractivity (Wildman–Crippen MR) is 73.5 cm³/mol. The molecule has 94 valence electrons. The lowest BCUT2D eigenvalue weighted by molar-refractivity contribution is 0.0949. The van der Waals surface area contributed by atoms with Crippen molar-refractivity contribution >= 4 is 33.4 Å². The van der Waals surface area contributed by atoms with Crippen LogP contribution in [0.15, 0.2) is 34.9 Å². The van der Waals surface area contributed by atoms with Gasteiger partial charge in [-0.2, -0.15) is 5.10 Å². The molecule has 0 radical (unpaired) electrons. The fourth-order valence-corrected chi connectivity index (χ4v) is 2.36. The molecule has 4 nitrogen and oxygen atoms in total. The second-order valence-electron chi connectivity index (χ2n) is 3.79. The number of carbonyl (C=O) groups excluding carboxylic acids is 1. The summed E-state index contributed by atoms with van der Waals surface area (Å²) >= 11 is 9.14. The van der Waals surface area contributed by atoms with E-state index in [0.29, 0.717) is 21.6 Å². The summed E-state index contributed by atoms with van der Waals surface area (Å²) in [5, 5.41) is 7.57. The van der Waals surface area contributed by atoms with E-state index in [2.05, 4.69) is 26.3 Å². The molecule has 1 heterocycles. The molecule has 0 bridgehead atoms. The van der Waals surface area contributed by atoms with Crippen molar-refractivity contribution in [3.8, 4) is 0 Å². The molecule has 6 heteroatoms. The van der Waals surface area contributed by atoms with Gasteiger partial charge in [-0.25, -0.2) is 0 Å². The van der Waals surface area contributed by atoms with Gasteiger partial charge >= 0.3 is 0 Å². The number of aryl methyl sites for hydroxylation is 1. The van der Waals surface area contributed by atoms with Crippen LogP contribution in [0.5, 0.6) is 0 Å². The largest absolute Gasteiger partial charge is 0.346 e. The Morgan fingerprint density at radius 2 is 2.28 bits per heavy atom. The third-order valence-corrected chi connectivity index (χ3v) is 3.27. The minimum Gasteiger partial charge on any atom is -0.346 e. The van der Waals surface area contributed by atoms with E-state index in [1.54, 1.807) is 22.9 Å². The molecule has 1 aromatic heterocycles. The summed E-state index contributed by atoms with van der Waals surface area (Å²) in [6.45, 7) is 0.398. The van der Waals surface area contributed by atoms with Crippen LogP contribution in [0.25, 0.3) is 0 Å². The molecule has 0 aliphatic heterocycles. The van der Waals surface area contributed by atoms with Gasteiger partial charge in [0, 0.05) is 22.7 Å². The van der Waals surface area contributed by atoms with Crippen LogP contribution in [0.4, 0.5) is 0 Å². The summed E-state index contributed by atoms with van der Waals surface area (Å²) in [4.78, 5) is 11.9. The second kappa shape index (κ2) is 5.54. The Bertz CT molecular complexity index is 582. The molecule has 0 spiro atoms. The third kappa shape index (κ3) is 3.11. The van der Waals surface area contributed by atoms with Crippen LogP contribution in [0, 0.1) is 0 Å². The molecule has 18 heavy (non-hydrogen) atoms. The lowest BCUT2D eigenvalue weighted by Crippen LogP contribution is -2.23. The average molecular weight is 329 g/mol. The van der Waals surface area contributed by atoms with Crippen molar-refractivity contribution in [1.29, 1.82) is 0 Å². The van der Waals surface area contributed by atoms with Gasteiger partial charge in [0.2, 0.25) is 0 Å². The van der Waals surface area contributed by atoms with Crippen LogP contribution in [0.3, 0.4) is 0 Å². The third-order valence-electron chi connectivity index (χ3n) is 2.37. The highest BCUT2D eigenvalue weighted by Crippen LogP contribution is 2.21. The molecule has 0 aliphatic rings. The van der Waals surface area contributed by atoms with Crippen LogP contribution in [-0.4, -0.2) is 15.7 Å². The van der Waals surface area contributed by atoms with E-state index < -0.39 is 0 Å².